The standard InChI is InChI=1S/C18H20N4O3S/c1-5-8-22-13-7-6-12(19-16(23)15-11(2)20-21-26-15)9-14(13)25-10-18(3,4)17(22)24/h5-7,9H,1,8,10H2,2-4H3,(H,19,23). The second-order valence-corrected chi connectivity index (χ2v) is 7.46. The minimum atomic E-state index is -0.656. The van der Waals surface area contributed by atoms with Gasteiger partial charge in [0.15, 0.2) is 0 Å². The van der Waals surface area contributed by atoms with E-state index in [4.69, 9.17) is 4.74 Å². The second-order valence-electron chi connectivity index (χ2n) is 6.70. The first-order valence-corrected chi connectivity index (χ1v) is 8.91. The Bertz CT molecular complexity index is 875. The molecule has 2 aromatic rings. The van der Waals surface area contributed by atoms with E-state index in [1.807, 2.05) is 13.8 Å². The Hall–Kier alpha value is -2.74. The van der Waals surface area contributed by atoms with Crippen molar-refractivity contribution >= 4 is 34.7 Å². The Balaban J connectivity index is 1.91. The molecule has 2 amide bonds. The molecule has 8 heteroatoms. The highest BCUT2D eigenvalue weighted by Crippen LogP contribution is 2.38. The molecule has 1 N–H and O–H groups in total. The molecule has 0 atom stereocenters. The molecular formula is C18H20N4O3S. The van der Waals surface area contributed by atoms with Crippen molar-refractivity contribution in [2.24, 2.45) is 5.41 Å². The van der Waals surface area contributed by atoms with E-state index in [2.05, 4.69) is 21.5 Å². The topological polar surface area (TPSA) is 84.4 Å². The molecule has 1 aliphatic heterocycles. The molecule has 26 heavy (non-hydrogen) atoms. The molecule has 1 aromatic carbocycles. The van der Waals surface area contributed by atoms with E-state index in [0.717, 1.165) is 11.5 Å². The number of fused-ring (bicyclic) bond motifs is 1. The van der Waals surface area contributed by atoms with Gasteiger partial charge in [0, 0.05) is 18.3 Å². The summed E-state index contributed by atoms with van der Waals surface area (Å²) < 4.78 is 9.65. The lowest BCUT2D eigenvalue weighted by molar-refractivity contribution is -0.127. The van der Waals surface area contributed by atoms with Crippen molar-refractivity contribution in [1.29, 1.82) is 0 Å². The number of aryl methyl sites for hydroxylation is 1. The molecule has 0 bridgehead atoms. The highest BCUT2D eigenvalue weighted by molar-refractivity contribution is 7.08. The van der Waals surface area contributed by atoms with Crippen LogP contribution in [0.2, 0.25) is 0 Å². The molecule has 1 aliphatic rings. The maximum absolute atomic E-state index is 12.8. The van der Waals surface area contributed by atoms with Gasteiger partial charge in [0.1, 0.15) is 17.2 Å². The first kappa shape index (κ1) is 18.1. The first-order chi connectivity index (χ1) is 12.3. The number of carbonyl (C=O) groups is 2. The van der Waals surface area contributed by atoms with Gasteiger partial charge in [0.05, 0.1) is 16.8 Å². The van der Waals surface area contributed by atoms with Crippen molar-refractivity contribution in [2.45, 2.75) is 20.8 Å². The highest BCUT2D eigenvalue weighted by Gasteiger charge is 2.37. The van der Waals surface area contributed by atoms with Gasteiger partial charge in [0.2, 0.25) is 5.91 Å². The molecular weight excluding hydrogens is 352 g/mol. The van der Waals surface area contributed by atoms with Crippen LogP contribution in [0.1, 0.15) is 29.2 Å². The van der Waals surface area contributed by atoms with Crippen molar-refractivity contribution < 1.29 is 14.3 Å². The number of hydrogen-bond donors (Lipinski definition) is 1. The van der Waals surface area contributed by atoms with Gasteiger partial charge in [-0.1, -0.05) is 10.6 Å². The Labute approximate surface area is 155 Å². The molecule has 0 aliphatic carbocycles. The Morgan fingerprint density at radius 1 is 1.50 bits per heavy atom. The van der Waals surface area contributed by atoms with Gasteiger partial charge in [-0.25, -0.2) is 0 Å². The van der Waals surface area contributed by atoms with E-state index < -0.39 is 5.41 Å². The summed E-state index contributed by atoms with van der Waals surface area (Å²) in [6.07, 6.45) is 1.68. The fraction of sp³-hybridized carbons (Fsp3) is 0.333. The smallest absolute Gasteiger partial charge is 0.269 e. The first-order valence-electron chi connectivity index (χ1n) is 8.13. The number of anilines is 2. The monoisotopic (exact) mass is 372 g/mol. The number of benzene rings is 1. The van der Waals surface area contributed by atoms with E-state index in [-0.39, 0.29) is 18.4 Å². The van der Waals surface area contributed by atoms with E-state index in [1.54, 1.807) is 36.1 Å². The molecule has 1 aromatic heterocycles. The summed E-state index contributed by atoms with van der Waals surface area (Å²) in [6.45, 7) is 9.80. The molecule has 3 rings (SSSR count). The minimum Gasteiger partial charge on any atom is -0.490 e. The second kappa shape index (κ2) is 6.87. The summed E-state index contributed by atoms with van der Waals surface area (Å²) >= 11 is 1.05. The van der Waals surface area contributed by atoms with Gasteiger partial charge in [-0.3, -0.25) is 9.59 Å². The predicted octanol–water partition coefficient (Wildman–Crippen LogP) is 3.04. The number of nitrogens with zero attached hydrogens (tertiary/aromatic N) is 3. The van der Waals surface area contributed by atoms with Gasteiger partial charge in [-0.15, -0.1) is 11.7 Å². The van der Waals surface area contributed by atoms with Crippen molar-refractivity contribution in [1.82, 2.24) is 9.59 Å². The zero-order chi connectivity index (χ0) is 18.9. The van der Waals surface area contributed by atoms with Crippen molar-refractivity contribution in [2.75, 3.05) is 23.4 Å². The lowest BCUT2D eigenvalue weighted by Crippen LogP contribution is -2.42. The van der Waals surface area contributed by atoms with E-state index in [1.165, 1.54) is 0 Å². The Morgan fingerprint density at radius 3 is 2.92 bits per heavy atom. The molecule has 0 saturated carbocycles. The molecule has 0 unspecified atom stereocenters. The van der Waals surface area contributed by atoms with Crippen LogP contribution < -0.4 is 15.0 Å². The zero-order valence-electron chi connectivity index (χ0n) is 14.9. The van der Waals surface area contributed by atoms with E-state index >= 15 is 0 Å². The Kier molecular flexibility index (Phi) is 4.78. The minimum absolute atomic E-state index is 0.0284. The number of carbonyl (C=O) groups excluding carboxylic acids is 2. The largest absolute Gasteiger partial charge is 0.490 e. The maximum atomic E-state index is 12.8. The number of nitrogens with one attached hydrogen (secondary N) is 1. The lowest BCUT2D eigenvalue weighted by atomic mass is 9.93. The van der Waals surface area contributed by atoms with Crippen LogP contribution in [0.15, 0.2) is 30.9 Å². The number of aromatic nitrogens is 2. The quantitative estimate of drug-likeness (QED) is 0.834. The van der Waals surface area contributed by atoms with Crippen LogP contribution in [0.5, 0.6) is 5.75 Å². The van der Waals surface area contributed by atoms with Gasteiger partial charge in [-0.2, -0.15) is 0 Å². The van der Waals surface area contributed by atoms with Gasteiger partial charge < -0.3 is 15.0 Å². The zero-order valence-corrected chi connectivity index (χ0v) is 15.7. The van der Waals surface area contributed by atoms with Crippen molar-refractivity contribution in [3.8, 4) is 5.75 Å². The molecule has 7 nitrogen and oxygen atoms in total. The van der Waals surface area contributed by atoms with Crippen LogP contribution in [0.25, 0.3) is 0 Å². The summed E-state index contributed by atoms with van der Waals surface area (Å²) in [5, 5.41) is 6.67. The lowest BCUT2D eigenvalue weighted by Gasteiger charge is -2.27. The number of ether oxygens (including phenoxy) is 1. The van der Waals surface area contributed by atoms with E-state index in [9.17, 15) is 9.59 Å². The normalized spacial score (nSPS) is 15.7. The van der Waals surface area contributed by atoms with Crippen LogP contribution >= 0.6 is 11.5 Å². The van der Waals surface area contributed by atoms with Crippen molar-refractivity contribution in [3.63, 3.8) is 0 Å². The number of rotatable bonds is 4. The molecule has 0 fully saturated rings. The van der Waals surface area contributed by atoms with Gasteiger partial charge in [0.25, 0.3) is 5.91 Å². The van der Waals surface area contributed by atoms with Crippen LogP contribution in [0.4, 0.5) is 11.4 Å². The average molecular weight is 372 g/mol. The number of hydrogen-bond acceptors (Lipinski definition) is 6. The summed E-state index contributed by atoms with van der Waals surface area (Å²) in [5.41, 5.74) is 1.17. The summed E-state index contributed by atoms with van der Waals surface area (Å²) in [6, 6.07) is 5.24. The third-order valence-electron chi connectivity index (χ3n) is 4.09. The SMILES string of the molecule is C=CCN1C(=O)C(C)(C)COc2cc(NC(=O)c3snnc3C)ccc21. The van der Waals surface area contributed by atoms with Crippen LogP contribution in [-0.2, 0) is 4.79 Å². The van der Waals surface area contributed by atoms with Crippen LogP contribution in [-0.4, -0.2) is 34.6 Å². The average Bonchev–Trinajstić information content (AvgIpc) is 3.00. The van der Waals surface area contributed by atoms with Crippen LogP contribution in [0, 0.1) is 12.3 Å². The molecule has 2 heterocycles. The summed E-state index contributed by atoms with van der Waals surface area (Å²) in [4.78, 5) is 27.3. The number of amides is 2. The molecule has 0 saturated heterocycles. The predicted molar refractivity (Wildman–Crippen MR) is 101 cm³/mol. The highest BCUT2D eigenvalue weighted by atomic mass is 32.1. The molecule has 0 radical (unpaired) electrons. The van der Waals surface area contributed by atoms with Crippen molar-refractivity contribution in [3.05, 3.63) is 41.4 Å². The Morgan fingerprint density at radius 2 is 2.27 bits per heavy atom. The third kappa shape index (κ3) is 3.32. The fourth-order valence-electron chi connectivity index (χ4n) is 2.66. The van der Waals surface area contributed by atoms with Gasteiger partial charge >= 0.3 is 0 Å². The molecule has 0 spiro atoms. The van der Waals surface area contributed by atoms with E-state index in [0.29, 0.717) is 34.2 Å². The molecule has 136 valence electrons. The fourth-order valence-corrected chi connectivity index (χ4v) is 3.21. The third-order valence-corrected chi connectivity index (χ3v) is 4.92. The summed E-state index contributed by atoms with van der Waals surface area (Å²) in [5.74, 6) is 0.243. The maximum Gasteiger partial charge on any atom is 0.269 e. The van der Waals surface area contributed by atoms with Gasteiger partial charge in [-0.05, 0) is 44.4 Å². The van der Waals surface area contributed by atoms with Crippen LogP contribution in [0.3, 0.4) is 0 Å². The summed E-state index contributed by atoms with van der Waals surface area (Å²) in [7, 11) is 0.